The Morgan fingerprint density at radius 3 is 2.72 bits per heavy atom. The first-order valence-corrected chi connectivity index (χ1v) is 7.90. The zero-order valence-corrected chi connectivity index (χ0v) is 13.7. The Hall–Kier alpha value is -2.99. The van der Waals surface area contributed by atoms with Crippen molar-refractivity contribution in [3.63, 3.8) is 0 Å². The Kier molecular flexibility index (Phi) is 4.90. The molecule has 2 aromatic carbocycles. The molecule has 0 fully saturated rings. The number of aliphatic hydroxyl groups excluding tert-OH is 1. The van der Waals surface area contributed by atoms with Crippen LogP contribution in [0.25, 0.3) is 11.3 Å². The summed E-state index contributed by atoms with van der Waals surface area (Å²) in [5, 5.41) is 16.4. The molecule has 0 spiro atoms. The first kappa shape index (κ1) is 16.9. The van der Waals surface area contributed by atoms with E-state index in [1.165, 1.54) is 28.9 Å². The van der Waals surface area contributed by atoms with Crippen molar-refractivity contribution in [2.75, 3.05) is 11.9 Å². The highest BCUT2D eigenvalue weighted by molar-refractivity contribution is 6.04. The van der Waals surface area contributed by atoms with Crippen LogP contribution in [0.1, 0.15) is 15.9 Å². The normalized spacial score (nSPS) is 10.7. The maximum Gasteiger partial charge on any atom is 0.256 e. The number of carbonyl (C=O) groups is 1. The zero-order chi connectivity index (χ0) is 17.8. The second-order valence-corrected chi connectivity index (χ2v) is 5.64. The average Bonchev–Trinajstić information content (AvgIpc) is 2.98. The van der Waals surface area contributed by atoms with Gasteiger partial charge in [0.05, 0.1) is 18.8 Å². The van der Waals surface area contributed by atoms with Crippen LogP contribution >= 0.6 is 0 Å². The van der Waals surface area contributed by atoms with Crippen LogP contribution in [0.2, 0.25) is 0 Å². The van der Waals surface area contributed by atoms with Crippen LogP contribution in [0.3, 0.4) is 0 Å². The van der Waals surface area contributed by atoms with E-state index in [1.807, 2.05) is 31.2 Å². The number of benzene rings is 2. The summed E-state index contributed by atoms with van der Waals surface area (Å²) < 4.78 is 14.8. The van der Waals surface area contributed by atoms with Crippen molar-refractivity contribution >= 4 is 11.7 Å². The standard InChI is InChI=1S/C19H18FN3O2/c1-13-5-2-3-8-16(13)17-12-18(23(22-17)9-10-24)21-19(25)14-6-4-7-15(20)11-14/h2-8,11-12,24H,9-10H2,1H3,(H,21,25). The molecule has 1 amide bonds. The van der Waals surface area contributed by atoms with Crippen LogP contribution in [0.15, 0.2) is 54.6 Å². The van der Waals surface area contributed by atoms with Crippen LogP contribution in [0.5, 0.6) is 0 Å². The van der Waals surface area contributed by atoms with Crippen LogP contribution < -0.4 is 5.32 Å². The number of aromatic nitrogens is 2. The van der Waals surface area contributed by atoms with E-state index >= 15 is 0 Å². The average molecular weight is 339 g/mol. The lowest BCUT2D eigenvalue weighted by Crippen LogP contribution is -2.16. The Balaban J connectivity index is 1.92. The van der Waals surface area contributed by atoms with Crippen molar-refractivity contribution in [3.05, 3.63) is 71.5 Å². The summed E-state index contributed by atoms with van der Waals surface area (Å²) in [5.41, 5.74) is 2.91. The molecule has 0 atom stereocenters. The number of aryl methyl sites for hydroxylation is 1. The number of carbonyl (C=O) groups excluding carboxylic acids is 1. The number of nitrogens with one attached hydrogen (secondary N) is 1. The number of amides is 1. The lowest BCUT2D eigenvalue weighted by molar-refractivity contribution is 0.102. The fourth-order valence-corrected chi connectivity index (χ4v) is 2.59. The van der Waals surface area contributed by atoms with E-state index in [1.54, 1.807) is 6.07 Å². The van der Waals surface area contributed by atoms with Gasteiger partial charge in [-0.05, 0) is 30.7 Å². The highest BCUT2D eigenvalue weighted by Gasteiger charge is 2.14. The third-order valence-electron chi connectivity index (χ3n) is 3.84. The van der Waals surface area contributed by atoms with Gasteiger partial charge in [0.1, 0.15) is 11.6 Å². The SMILES string of the molecule is Cc1ccccc1-c1cc(NC(=O)c2cccc(F)c2)n(CCO)n1. The molecule has 2 N–H and O–H groups in total. The molecule has 5 nitrogen and oxygen atoms in total. The molecule has 3 rings (SSSR count). The number of rotatable bonds is 5. The van der Waals surface area contributed by atoms with Gasteiger partial charge in [0.25, 0.3) is 5.91 Å². The molecule has 1 heterocycles. The lowest BCUT2D eigenvalue weighted by Gasteiger charge is -2.07. The van der Waals surface area contributed by atoms with Gasteiger partial charge in [0.2, 0.25) is 0 Å². The smallest absolute Gasteiger partial charge is 0.256 e. The van der Waals surface area contributed by atoms with Crippen molar-refractivity contribution in [2.24, 2.45) is 0 Å². The van der Waals surface area contributed by atoms with Crippen molar-refractivity contribution in [2.45, 2.75) is 13.5 Å². The van der Waals surface area contributed by atoms with Gasteiger partial charge in [-0.15, -0.1) is 0 Å². The highest BCUT2D eigenvalue weighted by Crippen LogP contribution is 2.25. The van der Waals surface area contributed by atoms with Crippen LogP contribution in [-0.2, 0) is 6.54 Å². The van der Waals surface area contributed by atoms with Crippen molar-refractivity contribution in [1.82, 2.24) is 9.78 Å². The summed E-state index contributed by atoms with van der Waals surface area (Å²) in [6, 6.07) is 15.0. The summed E-state index contributed by atoms with van der Waals surface area (Å²) in [6.07, 6.45) is 0. The number of hydrogen-bond acceptors (Lipinski definition) is 3. The number of anilines is 1. The molecule has 1 aromatic heterocycles. The zero-order valence-electron chi connectivity index (χ0n) is 13.7. The van der Waals surface area contributed by atoms with Gasteiger partial charge in [-0.2, -0.15) is 5.10 Å². The molecule has 0 bridgehead atoms. The second-order valence-electron chi connectivity index (χ2n) is 5.64. The minimum atomic E-state index is -0.475. The summed E-state index contributed by atoms with van der Waals surface area (Å²) in [6.45, 7) is 2.10. The summed E-state index contributed by atoms with van der Waals surface area (Å²) in [4.78, 5) is 12.4. The third-order valence-corrected chi connectivity index (χ3v) is 3.84. The molecule has 0 radical (unpaired) electrons. The van der Waals surface area contributed by atoms with E-state index in [2.05, 4.69) is 10.4 Å². The van der Waals surface area contributed by atoms with Crippen molar-refractivity contribution in [1.29, 1.82) is 0 Å². The van der Waals surface area contributed by atoms with E-state index in [4.69, 9.17) is 0 Å². The molecule has 0 aliphatic rings. The quantitative estimate of drug-likeness (QED) is 0.750. The topological polar surface area (TPSA) is 67.2 Å². The Morgan fingerprint density at radius 2 is 2.00 bits per heavy atom. The fourth-order valence-electron chi connectivity index (χ4n) is 2.59. The monoisotopic (exact) mass is 339 g/mol. The Bertz CT molecular complexity index is 905. The van der Waals surface area contributed by atoms with Crippen LogP contribution in [0.4, 0.5) is 10.2 Å². The predicted molar refractivity (Wildman–Crippen MR) is 93.8 cm³/mol. The van der Waals surface area contributed by atoms with E-state index in [0.29, 0.717) is 11.5 Å². The lowest BCUT2D eigenvalue weighted by atomic mass is 10.1. The molecule has 0 aliphatic heterocycles. The maximum absolute atomic E-state index is 13.3. The second kappa shape index (κ2) is 7.27. The molecule has 0 unspecified atom stereocenters. The predicted octanol–water partition coefficient (Wildman–Crippen LogP) is 3.24. The largest absolute Gasteiger partial charge is 0.394 e. The first-order chi connectivity index (χ1) is 12.1. The van der Waals surface area contributed by atoms with Crippen molar-refractivity contribution in [3.8, 4) is 11.3 Å². The molecule has 128 valence electrons. The van der Waals surface area contributed by atoms with E-state index in [-0.39, 0.29) is 18.7 Å². The van der Waals surface area contributed by atoms with E-state index < -0.39 is 11.7 Å². The highest BCUT2D eigenvalue weighted by atomic mass is 19.1. The number of aliphatic hydroxyl groups is 1. The summed E-state index contributed by atoms with van der Waals surface area (Å²) in [7, 11) is 0. The van der Waals surface area contributed by atoms with E-state index in [0.717, 1.165) is 11.1 Å². The van der Waals surface area contributed by atoms with Gasteiger partial charge in [0, 0.05) is 17.2 Å². The molecule has 0 saturated heterocycles. The van der Waals surface area contributed by atoms with Gasteiger partial charge < -0.3 is 10.4 Å². The molecule has 0 saturated carbocycles. The van der Waals surface area contributed by atoms with Gasteiger partial charge in [-0.1, -0.05) is 30.3 Å². The maximum atomic E-state index is 13.3. The van der Waals surface area contributed by atoms with Gasteiger partial charge >= 0.3 is 0 Å². The summed E-state index contributed by atoms with van der Waals surface area (Å²) >= 11 is 0. The fraction of sp³-hybridized carbons (Fsp3) is 0.158. The molecule has 6 heteroatoms. The van der Waals surface area contributed by atoms with Crippen LogP contribution in [-0.4, -0.2) is 27.4 Å². The molecular formula is C19H18FN3O2. The Morgan fingerprint density at radius 1 is 1.20 bits per heavy atom. The van der Waals surface area contributed by atoms with Gasteiger partial charge in [-0.3, -0.25) is 4.79 Å². The van der Waals surface area contributed by atoms with Gasteiger partial charge in [-0.25, -0.2) is 9.07 Å². The number of nitrogens with zero attached hydrogens (tertiary/aromatic N) is 2. The molecule has 25 heavy (non-hydrogen) atoms. The van der Waals surface area contributed by atoms with Crippen molar-refractivity contribution < 1.29 is 14.3 Å². The molecular weight excluding hydrogens is 321 g/mol. The third kappa shape index (κ3) is 3.75. The number of halogens is 1. The minimum absolute atomic E-state index is 0.113. The molecule has 3 aromatic rings. The Labute approximate surface area is 144 Å². The van der Waals surface area contributed by atoms with E-state index in [9.17, 15) is 14.3 Å². The number of hydrogen-bond donors (Lipinski definition) is 2. The van der Waals surface area contributed by atoms with Gasteiger partial charge in [0.15, 0.2) is 0 Å². The first-order valence-electron chi connectivity index (χ1n) is 7.90. The minimum Gasteiger partial charge on any atom is -0.394 e. The summed E-state index contributed by atoms with van der Waals surface area (Å²) in [5.74, 6) is -0.464. The molecule has 0 aliphatic carbocycles. The van der Waals surface area contributed by atoms with Crippen LogP contribution in [0, 0.1) is 12.7 Å².